The van der Waals surface area contributed by atoms with Gasteiger partial charge in [-0.25, -0.2) is 0 Å². The molecule has 18 heavy (non-hydrogen) atoms. The second kappa shape index (κ2) is 5.97. The summed E-state index contributed by atoms with van der Waals surface area (Å²) >= 11 is 0. The minimum Gasteiger partial charge on any atom is -0.502 e. The molecule has 0 aliphatic heterocycles. The molecule has 0 saturated heterocycles. The Balaban J connectivity index is 2.99. The van der Waals surface area contributed by atoms with Crippen LogP contribution in [0.4, 0.5) is 5.69 Å². The quantitative estimate of drug-likeness (QED) is 0.625. The number of rotatable bonds is 5. The fourth-order valence-corrected chi connectivity index (χ4v) is 1.39. The molecule has 0 spiro atoms. The Bertz CT molecular complexity index is 461. The van der Waals surface area contributed by atoms with E-state index in [0.717, 1.165) is 6.07 Å². The Morgan fingerprint density at radius 1 is 1.56 bits per heavy atom. The van der Waals surface area contributed by atoms with Crippen molar-refractivity contribution in [1.29, 1.82) is 0 Å². The second-order valence-corrected chi connectivity index (χ2v) is 3.65. The summed E-state index contributed by atoms with van der Waals surface area (Å²) in [6.07, 6.45) is 0. The summed E-state index contributed by atoms with van der Waals surface area (Å²) in [5.74, 6) is -1.11. The van der Waals surface area contributed by atoms with Gasteiger partial charge in [0, 0.05) is 26.8 Å². The van der Waals surface area contributed by atoms with Crippen LogP contribution < -0.4 is 0 Å². The van der Waals surface area contributed by atoms with E-state index in [4.69, 9.17) is 4.74 Å². The number of nitro groups is 1. The van der Waals surface area contributed by atoms with Gasteiger partial charge in [-0.3, -0.25) is 14.9 Å². The average molecular weight is 254 g/mol. The van der Waals surface area contributed by atoms with E-state index in [0.29, 0.717) is 13.2 Å². The predicted octanol–water partition coefficient (Wildman–Crippen LogP) is 1.02. The van der Waals surface area contributed by atoms with E-state index in [2.05, 4.69) is 0 Å². The summed E-state index contributed by atoms with van der Waals surface area (Å²) < 4.78 is 4.83. The molecule has 0 fully saturated rings. The van der Waals surface area contributed by atoms with E-state index in [1.807, 2.05) is 0 Å². The van der Waals surface area contributed by atoms with Crippen molar-refractivity contribution in [3.8, 4) is 5.75 Å². The smallest absolute Gasteiger partial charge is 0.311 e. The predicted molar refractivity (Wildman–Crippen MR) is 63.6 cm³/mol. The van der Waals surface area contributed by atoms with Crippen molar-refractivity contribution in [2.45, 2.75) is 0 Å². The Labute approximate surface area is 104 Å². The van der Waals surface area contributed by atoms with E-state index < -0.39 is 22.3 Å². The molecule has 98 valence electrons. The summed E-state index contributed by atoms with van der Waals surface area (Å²) in [5.41, 5.74) is -0.580. The molecule has 0 bridgehead atoms. The SMILES string of the molecule is COCCN(C)C(=O)c1cccc([N+](=O)[O-])c1O. The molecule has 1 amide bonds. The van der Waals surface area contributed by atoms with E-state index in [9.17, 15) is 20.0 Å². The van der Waals surface area contributed by atoms with Gasteiger partial charge in [0.15, 0.2) is 0 Å². The van der Waals surface area contributed by atoms with Gasteiger partial charge in [0.2, 0.25) is 5.75 Å². The first-order valence-corrected chi connectivity index (χ1v) is 5.19. The molecule has 0 saturated carbocycles. The van der Waals surface area contributed by atoms with Crippen LogP contribution in [0.15, 0.2) is 18.2 Å². The zero-order valence-electron chi connectivity index (χ0n) is 10.1. The summed E-state index contributed by atoms with van der Waals surface area (Å²) in [5, 5.41) is 20.3. The number of hydrogen-bond acceptors (Lipinski definition) is 5. The molecule has 1 aromatic rings. The molecule has 0 atom stereocenters. The number of phenols is 1. The molecule has 0 aliphatic rings. The number of ether oxygens (including phenoxy) is 1. The summed E-state index contributed by atoms with van der Waals surface area (Å²) in [6, 6.07) is 3.84. The number of hydrogen-bond donors (Lipinski definition) is 1. The molecule has 0 radical (unpaired) electrons. The second-order valence-electron chi connectivity index (χ2n) is 3.65. The number of likely N-dealkylation sites (N-methyl/N-ethyl adjacent to an activating group) is 1. The van der Waals surface area contributed by atoms with Gasteiger partial charge < -0.3 is 14.7 Å². The van der Waals surface area contributed by atoms with Gasteiger partial charge in [0.1, 0.15) is 0 Å². The lowest BCUT2D eigenvalue weighted by molar-refractivity contribution is -0.385. The van der Waals surface area contributed by atoms with E-state index >= 15 is 0 Å². The molecule has 1 N–H and O–H groups in total. The Hall–Kier alpha value is -2.15. The molecule has 7 heteroatoms. The number of para-hydroxylation sites is 1. The van der Waals surface area contributed by atoms with Crippen LogP contribution in [0.1, 0.15) is 10.4 Å². The zero-order chi connectivity index (χ0) is 13.7. The van der Waals surface area contributed by atoms with Gasteiger partial charge in [0.25, 0.3) is 5.91 Å². The zero-order valence-corrected chi connectivity index (χ0v) is 10.1. The number of amides is 1. The highest BCUT2D eigenvalue weighted by molar-refractivity contribution is 5.97. The van der Waals surface area contributed by atoms with E-state index in [1.165, 1.54) is 31.2 Å². The highest BCUT2D eigenvalue weighted by Crippen LogP contribution is 2.29. The van der Waals surface area contributed by atoms with Crippen molar-refractivity contribution in [3.05, 3.63) is 33.9 Å². The molecular formula is C11H14N2O5. The number of benzene rings is 1. The van der Waals surface area contributed by atoms with E-state index in [-0.39, 0.29) is 5.56 Å². The van der Waals surface area contributed by atoms with Crippen molar-refractivity contribution in [1.82, 2.24) is 4.90 Å². The number of carbonyl (C=O) groups excluding carboxylic acids is 1. The van der Waals surface area contributed by atoms with Crippen molar-refractivity contribution < 1.29 is 19.6 Å². The lowest BCUT2D eigenvalue weighted by Gasteiger charge is -2.17. The topological polar surface area (TPSA) is 92.9 Å². The maximum atomic E-state index is 11.9. The van der Waals surface area contributed by atoms with Gasteiger partial charge in [0.05, 0.1) is 17.1 Å². The van der Waals surface area contributed by atoms with Crippen LogP contribution in [0.25, 0.3) is 0 Å². The standard InChI is InChI=1S/C11H14N2O5/c1-12(6-7-18-2)11(15)8-4-3-5-9(10(8)14)13(16)17/h3-5,14H,6-7H2,1-2H3. The third-order valence-corrected chi connectivity index (χ3v) is 2.42. The monoisotopic (exact) mass is 254 g/mol. The Morgan fingerprint density at radius 3 is 2.78 bits per heavy atom. The first-order valence-electron chi connectivity index (χ1n) is 5.19. The highest BCUT2D eigenvalue weighted by Gasteiger charge is 2.22. The maximum absolute atomic E-state index is 11.9. The first-order chi connectivity index (χ1) is 8.49. The Kier molecular flexibility index (Phi) is 4.61. The van der Waals surface area contributed by atoms with Crippen LogP contribution in [-0.4, -0.2) is 48.1 Å². The average Bonchev–Trinajstić information content (AvgIpc) is 2.35. The fourth-order valence-electron chi connectivity index (χ4n) is 1.39. The van der Waals surface area contributed by atoms with Gasteiger partial charge in [-0.05, 0) is 6.07 Å². The van der Waals surface area contributed by atoms with Crippen LogP contribution in [-0.2, 0) is 4.74 Å². The van der Waals surface area contributed by atoms with E-state index in [1.54, 1.807) is 0 Å². The lowest BCUT2D eigenvalue weighted by Crippen LogP contribution is -2.30. The van der Waals surface area contributed by atoms with Gasteiger partial charge in [-0.1, -0.05) is 6.07 Å². The van der Waals surface area contributed by atoms with Crippen LogP contribution in [0, 0.1) is 10.1 Å². The number of carbonyl (C=O) groups is 1. The Morgan fingerprint density at radius 2 is 2.22 bits per heavy atom. The number of aromatic hydroxyl groups is 1. The molecule has 0 aliphatic carbocycles. The molecular weight excluding hydrogens is 240 g/mol. The van der Waals surface area contributed by atoms with Crippen LogP contribution in [0.2, 0.25) is 0 Å². The van der Waals surface area contributed by atoms with Crippen molar-refractivity contribution in [2.75, 3.05) is 27.3 Å². The first kappa shape index (κ1) is 13.9. The van der Waals surface area contributed by atoms with Crippen molar-refractivity contribution >= 4 is 11.6 Å². The third-order valence-electron chi connectivity index (χ3n) is 2.42. The van der Waals surface area contributed by atoms with Gasteiger partial charge >= 0.3 is 5.69 Å². The van der Waals surface area contributed by atoms with Gasteiger partial charge in [-0.2, -0.15) is 0 Å². The molecule has 0 heterocycles. The summed E-state index contributed by atoms with van der Waals surface area (Å²) in [7, 11) is 3.03. The fraction of sp³-hybridized carbons (Fsp3) is 0.364. The third kappa shape index (κ3) is 2.95. The highest BCUT2D eigenvalue weighted by atomic mass is 16.6. The maximum Gasteiger partial charge on any atom is 0.311 e. The number of nitro benzene ring substituents is 1. The largest absolute Gasteiger partial charge is 0.502 e. The van der Waals surface area contributed by atoms with Crippen molar-refractivity contribution in [3.63, 3.8) is 0 Å². The molecule has 7 nitrogen and oxygen atoms in total. The minimum absolute atomic E-state index is 0.0946. The van der Waals surface area contributed by atoms with Gasteiger partial charge in [-0.15, -0.1) is 0 Å². The number of nitrogens with zero attached hydrogens (tertiary/aromatic N) is 2. The van der Waals surface area contributed by atoms with Crippen LogP contribution in [0.3, 0.4) is 0 Å². The normalized spacial score (nSPS) is 10.1. The van der Waals surface area contributed by atoms with Crippen molar-refractivity contribution in [2.24, 2.45) is 0 Å². The minimum atomic E-state index is -0.735. The number of methoxy groups -OCH3 is 1. The summed E-state index contributed by atoms with van der Waals surface area (Å²) in [6.45, 7) is 0.676. The number of phenolic OH excluding ortho intramolecular Hbond substituents is 1. The summed E-state index contributed by atoms with van der Waals surface area (Å²) in [4.78, 5) is 23.2. The molecule has 0 unspecified atom stereocenters. The lowest BCUT2D eigenvalue weighted by atomic mass is 10.1. The molecule has 1 rings (SSSR count). The molecule has 1 aromatic carbocycles. The van der Waals surface area contributed by atoms with Crippen LogP contribution in [0.5, 0.6) is 5.75 Å². The molecule has 0 aromatic heterocycles. The van der Waals surface area contributed by atoms with Crippen LogP contribution >= 0.6 is 0 Å².